The van der Waals surface area contributed by atoms with E-state index >= 15 is 0 Å². The third-order valence-corrected chi connectivity index (χ3v) is 4.26. The summed E-state index contributed by atoms with van der Waals surface area (Å²) in [7, 11) is 0. The van der Waals surface area contributed by atoms with E-state index in [2.05, 4.69) is 10.6 Å². The van der Waals surface area contributed by atoms with Crippen molar-refractivity contribution in [3.63, 3.8) is 0 Å². The second-order valence-electron chi connectivity index (χ2n) is 6.35. The molecule has 0 saturated carbocycles. The number of aryl methyl sites for hydroxylation is 2. The molecule has 0 fully saturated rings. The molecule has 5 nitrogen and oxygen atoms in total. The van der Waals surface area contributed by atoms with Crippen LogP contribution in [-0.4, -0.2) is 23.1 Å². The number of rotatable bonds is 4. The third kappa shape index (κ3) is 4.74. The maximum atomic E-state index is 12.0. The molecule has 0 radical (unpaired) electrons. The minimum Gasteiger partial charge on any atom is -0.480 e. The number of amides is 2. The van der Waals surface area contributed by atoms with Gasteiger partial charge in [-0.2, -0.15) is 0 Å². The number of urea groups is 1. The quantitative estimate of drug-likeness (QED) is 0.798. The van der Waals surface area contributed by atoms with Crippen LogP contribution in [0.15, 0.2) is 6.07 Å². The Morgan fingerprint density at radius 2 is 1.81 bits per heavy atom. The fourth-order valence-corrected chi connectivity index (χ4v) is 3.20. The average Bonchev–Trinajstić information content (AvgIpc) is 2.63. The minimum atomic E-state index is -1.03. The molecule has 2 atom stereocenters. The molecule has 2 unspecified atom stereocenters. The minimum absolute atomic E-state index is 0.163. The summed E-state index contributed by atoms with van der Waals surface area (Å²) < 4.78 is 0. The number of hydrogen-bond acceptors (Lipinski definition) is 3. The number of carbonyl (C=O) groups is 2. The van der Waals surface area contributed by atoms with Crippen molar-refractivity contribution in [1.82, 2.24) is 10.6 Å². The monoisotopic (exact) mass is 312 g/mol. The lowest BCUT2D eigenvalue weighted by Gasteiger charge is -2.28. The molecule has 0 bridgehead atoms. The smallest absolute Gasteiger partial charge is 0.326 e. The summed E-state index contributed by atoms with van der Waals surface area (Å²) in [5.41, 5.74) is 0.511. The normalized spacial score (nSPS) is 14.4. The van der Waals surface area contributed by atoms with Gasteiger partial charge in [-0.1, -0.05) is 20.8 Å². The number of hydrogen-bond donors (Lipinski definition) is 3. The van der Waals surface area contributed by atoms with Gasteiger partial charge in [0.15, 0.2) is 0 Å². The standard InChI is InChI=1S/C15H24N2O3S/c1-8-7-11(10(3)21-8)9(2)16-14(20)17-12(13(18)19)15(4,5)6/h7,9,12H,1-6H3,(H,18,19)(H2,16,17,20). The number of carbonyl (C=O) groups excluding carboxylic acids is 1. The Morgan fingerprint density at radius 3 is 2.19 bits per heavy atom. The maximum absolute atomic E-state index is 12.0. The lowest BCUT2D eigenvalue weighted by atomic mass is 9.87. The van der Waals surface area contributed by atoms with Crippen LogP contribution in [0.5, 0.6) is 0 Å². The Balaban J connectivity index is 2.73. The first-order valence-electron chi connectivity index (χ1n) is 6.89. The van der Waals surface area contributed by atoms with Crippen molar-refractivity contribution in [2.45, 2.75) is 53.6 Å². The van der Waals surface area contributed by atoms with Crippen molar-refractivity contribution in [1.29, 1.82) is 0 Å². The van der Waals surface area contributed by atoms with Crippen LogP contribution in [0.2, 0.25) is 0 Å². The first-order valence-corrected chi connectivity index (χ1v) is 7.70. The lowest BCUT2D eigenvalue weighted by molar-refractivity contribution is -0.141. The van der Waals surface area contributed by atoms with Crippen LogP contribution in [0.3, 0.4) is 0 Å². The number of carboxylic acids is 1. The summed E-state index contributed by atoms with van der Waals surface area (Å²) in [5.74, 6) is -1.03. The molecule has 0 aliphatic carbocycles. The molecule has 0 spiro atoms. The van der Waals surface area contributed by atoms with Crippen molar-refractivity contribution in [3.8, 4) is 0 Å². The predicted octanol–water partition coefficient (Wildman–Crippen LogP) is 3.22. The molecule has 118 valence electrons. The highest BCUT2D eigenvalue weighted by Crippen LogP contribution is 2.26. The first-order chi connectivity index (χ1) is 9.52. The van der Waals surface area contributed by atoms with Crippen LogP contribution in [0.4, 0.5) is 4.79 Å². The summed E-state index contributed by atoms with van der Waals surface area (Å²) in [5, 5.41) is 14.6. The van der Waals surface area contributed by atoms with Gasteiger partial charge in [0.05, 0.1) is 6.04 Å². The predicted molar refractivity (Wildman–Crippen MR) is 84.8 cm³/mol. The van der Waals surface area contributed by atoms with Crippen molar-refractivity contribution in [3.05, 3.63) is 21.4 Å². The molecule has 2 amide bonds. The average molecular weight is 312 g/mol. The van der Waals surface area contributed by atoms with E-state index in [1.54, 1.807) is 32.1 Å². The number of nitrogens with one attached hydrogen (secondary N) is 2. The molecule has 1 aromatic heterocycles. The third-order valence-electron chi connectivity index (χ3n) is 3.28. The highest BCUT2D eigenvalue weighted by Gasteiger charge is 2.32. The van der Waals surface area contributed by atoms with E-state index in [9.17, 15) is 14.7 Å². The molecule has 0 saturated heterocycles. The molecule has 0 aromatic carbocycles. The summed E-state index contributed by atoms with van der Waals surface area (Å²) in [6.45, 7) is 11.3. The van der Waals surface area contributed by atoms with Crippen molar-refractivity contribution in [2.75, 3.05) is 0 Å². The van der Waals surface area contributed by atoms with Gasteiger partial charge in [0.25, 0.3) is 0 Å². The lowest BCUT2D eigenvalue weighted by Crippen LogP contribution is -2.52. The number of carboxylic acid groups (broad SMARTS) is 1. The molecule has 6 heteroatoms. The fourth-order valence-electron chi connectivity index (χ4n) is 2.18. The molecule has 21 heavy (non-hydrogen) atoms. The Morgan fingerprint density at radius 1 is 1.24 bits per heavy atom. The molecular weight excluding hydrogens is 288 g/mol. The molecule has 1 heterocycles. The Hall–Kier alpha value is -1.56. The zero-order chi connectivity index (χ0) is 16.4. The molecule has 0 aliphatic heterocycles. The van der Waals surface area contributed by atoms with E-state index in [4.69, 9.17) is 0 Å². The SMILES string of the molecule is Cc1cc(C(C)NC(=O)NC(C(=O)O)C(C)(C)C)c(C)s1. The van der Waals surface area contributed by atoms with Crippen molar-refractivity contribution >= 4 is 23.3 Å². The van der Waals surface area contributed by atoms with Gasteiger partial charge in [0, 0.05) is 9.75 Å². The van der Waals surface area contributed by atoms with E-state index in [1.807, 2.05) is 26.8 Å². The van der Waals surface area contributed by atoms with Gasteiger partial charge in [-0.3, -0.25) is 0 Å². The molecule has 1 rings (SSSR count). The second-order valence-corrected chi connectivity index (χ2v) is 7.81. The Bertz CT molecular complexity index is 532. The summed E-state index contributed by atoms with van der Waals surface area (Å²) in [6.07, 6.45) is 0. The largest absolute Gasteiger partial charge is 0.480 e. The van der Waals surface area contributed by atoms with Crippen molar-refractivity contribution in [2.24, 2.45) is 5.41 Å². The zero-order valence-electron chi connectivity index (χ0n) is 13.4. The summed E-state index contributed by atoms with van der Waals surface area (Å²) >= 11 is 1.68. The molecule has 1 aromatic rings. The van der Waals surface area contributed by atoms with Crippen LogP contribution >= 0.6 is 11.3 Å². The van der Waals surface area contributed by atoms with Gasteiger partial charge in [-0.15, -0.1) is 11.3 Å². The van der Waals surface area contributed by atoms with Gasteiger partial charge >= 0.3 is 12.0 Å². The molecule has 0 aliphatic rings. The zero-order valence-corrected chi connectivity index (χ0v) is 14.2. The van der Waals surface area contributed by atoms with Crippen LogP contribution < -0.4 is 10.6 Å². The molecular formula is C15H24N2O3S. The van der Waals surface area contributed by atoms with Gasteiger partial charge in [-0.25, -0.2) is 9.59 Å². The van der Waals surface area contributed by atoms with Crippen LogP contribution in [-0.2, 0) is 4.79 Å². The summed E-state index contributed by atoms with van der Waals surface area (Å²) in [4.78, 5) is 25.6. The van der Waals surface area contributed by atoms with E-state index < -0.39 is 23.5 Å². The Kier molecular flexibility index (Phi) is 5.39. The van der Waals surface area contributed by atoms with E-state index in [-0.39, 0.29) is 6.04 Å². The molecule has 3 N–H and O–H groups in total. The fraction of sp³-hybridized carbons (Fsp3) is 0.600. The second kappa shape index (κ2) is 6.47. The topological polar surface area (TPSA) is 78.4 Å². The number of thiophene rings is 1. The van der Waals surface area contributed by atoms with Gasteiger partial charge < -0.3 is 15.7 Å². The van der Waals surface area contributed by atoms with Crippen LogP contribution in [0.1, 0.15) is 49.1 Å². The van der Waals surface area contributed by atoms with E-state index in [0.717, 1.165) is 10.4 Å². The van der Waals surface area contributed by atoms with Gasteiger partial charge in [-0.05, 0) is 37.8 Å². The van der Waals surface area contributed by atoms with Gasteiger partial charge in [0.1, 0.15) is 6.04 Å². The maximum Gasteiger partial charge on any atom is 0.326 e. The number of aliphatic carboxylic acids is 1. The highest BCUT2D eigenvalue weighted by atomic mass is 32.1. The van der Waals surface area contributed by atoms with Crippen molar-refractivity contribution < 1.29 is 14.7 Å². The van der Waals surface area contributed by atoms with Crippen LogP contribution in [0, 0.1) is 19.3 Å². The Labute approximate surface area is 129 Å². The summed E-state index contributed by atoms with van der Waals surface area (Å²) in [6, 6.07) is 0.482. The van der Waals surface area contributed by atoms with E-state index in [0.29, 0.717) is 0 Å². The highest BCUT2D eigenvalue weighted by molar-refractivity contribution is 7.12. The van der Waals surface area contributed by atoms with Gasteiger partial charge in [0.2, 0.25) is 0 Å². The van der Waals surface area contributed by atoms with Crippen LogP contribution in [0.25, 0.3) is 0 Å². The first kappa shape index (κ1) is 17.5. The van der Waals surface area contributed by atoms with E-state index in [1.165, 1.54) is 4.88 Å².